The molecule has 0 fully saturated rings. The molecule has 0 aliphatic heterocycles. The minimum absolute atomic E-state index is 0.303. The maximum Gasteiger partial charge on any atom is 0.159 e. The van der Waals surface area contributed by atoms with Gasteiger partial charge in [-0.15, -0.1) is 0 Å². The fourth-order valence-electron chi connectivity index (χ4n) is 2.14. The van der Waals surface area contributed by atoms with Crippen LogP contribution in [-0.4, -0.2) is 26.0 Å². The van der Waals surface area contributed by atoms with E-state index in [9.17, 15) is 4.39 Å². The van der Waals surface area contributed by atoms with Gasteiger partial charge in [0.15, 0.2) is 11.6 Å². The van der Waals surface area contributed by atoms with E-state index < -0.39 is 0 Å². The zero-order valence-corrected chi connectivity index (χ0v) is 12.7. The molecule has 1 N–H and O–H groups in total. The molecule has 116 valence electrons. The molecule has 0 amide bonds. The Bertz CT molecular complexity index is 855. The number of hydrogen-bond donors (Lipinski definition) is 1. The minimum Gasteiger partial charge on any atom is -0.261 e. The van der Waals surface area contributed by atoms with E-state index in [2.05, 4.69) is 25.6 Å². The summed E-state index contributed by atoms with van der Waals surface area (Å²) in [4.78, 5) is 8.31. The average Bonchev–Trinajstić information content (AvgIpc) is 2.86. The van der Waals surface area contributed by atoms with Crippen LogP contribution in [0.15, 0.2) is 47.8 Å². The van der Waals surface area contributed by atoms with E-state index in [-0.39, 0.29) is 5.82 Å². The van der Waals surface area contributed by atoms with Crippen LogP contribution in [-0.2, 0) is 0 Å². The van der Waals surface area contributed by atoms with E-state index in [1.165, 1.54) is 24.7 Å². The third-order valence-electron chi connectivity index (χ3n) is 3.12. The first kappa shape index (κ1) is 14.8. The van der Waals surface area contributed by atoms with Gasteiger partial charge in [0, 0.05) is 11.8 Å². The summed E-state index contributed by atoms with van der Waals surface area (Å²) in [6.07, 6.45) is 2.96. The molecular weight excluding hydrogens is 295 g/mol. The van der Waals surface area contributed by atoms with Gasteiger partial charge in [0.2, 0.25) is 0 Å². The summed E-state index contributed by atoms with van der Waals surface area (Å²) in [7, 11) is 0. The highest BCUT2D eigenvalue weighted by Crippen LogP contribution is 2.12. The van der Waals surface area contributed by atoms with E-state index in [1.807, 2.05) is 19.9 Å². The molecule has 6 nitrogen and oxygen atoms in total. The van der Waals surface area contributed by atoms with Crippen molar-refractivity contribution in [3.63, 3.8) is 0 Å². The molecule has 0 bridgehead atoms. The Labute approximate surface area is 132 Å². The van der Waals surface area contributed by atoms with Gasteiger partial charge in [-0.3, -0.25) is 5.43 Å². The smallest absolute Gasteiger partial charge is 0.159 e. The molecule has 0 aliphatic rings. The molecule has 0 saturated heterocycles. The standard InChI is InChI=1S/C16H15FN6/c1-11-6-12(2)23(22-11)16-8-15(18-10-19-16)21-20-9-13-4-3-5-14(17)7-13/h3-10H,1-2H3,(H,18,19,21). The van der Waals surface area contributed by atoms with Gasteiger partial charge in [-0.05, 0) is 37.6 Å². The fourth-order valence-corrected chi connectivity index (χ4v) is 2.14. The molecule has 0 radical (unpaired) electrons. The van der Waals surface area contributed by atoms with Crippen LogP contribution in [0, 0.1) is 19.7 Å². The highest BCUT2D eigenvalue weighted by Gasteiger charge is 2.06. The first-order valence-electron chi connectivity index (χ1n) is 7.02. The van der Waals surface area contributed by atoms with Gasteiger partial charge < -0.3 is 0 Å². The van der Waals surface area contributed by atoms with Crippen molar-refractivity contribution in [1.82, 2.24) is 19.7 Å². The zero-order valence-electron chi connectivity index (χ0n) is 12.7. The zero-order chi connectivity index (χ0) is 16.2. The van der Waals surface area contributed by atoms with Crippen LogP contribution in [0.2, 0.25) is 0 Å². The molecule has 0 atom stereocenters. The van der Waals surface area contributed by atoms with Gasteiger partial charge in [0.25, 0.3) is 0 Å². The lowest BCUT2D eigenvalue weighted by molar-refractivity contribution is 0.627. The summed E-state index contributed by atoms with van der Waals surface area (Å²) in [5.41, 5.74) is 5.36. The molecule has 2 aromatic heterocycles. The summed E-state index contributed by atoms with van der Waals surface area (Å²) in [6.45, 7) is 3.88. The Morgan fingerprint density at radius 1 is 1.17 bits per heavy atom. The normalized spacial score (nSPS) is 11.1. The molecule has 0 saturated carbocycles. The van der Waals surface area contributed by atoms with E-state index in [0.717, 1.165) is 11.4 Å². The highest BCUT2D eigenvalue weighted by molar-refractivity contribution is 5.80. The Morgan fingerprint density at radius 3 is 2.78 bits per heavy atom. The third-order valence-corrected chi connectivity index (χ3v) is 3.12. The summed E-state index contributed by atoms with van der Waals surface area (Å²) >= 11 is 0. The largest absolute Gasteiger partial charge is 0.261 e. The van der Waals surface area contributed by atoms with Crippen LogP contribution in [0.3, 0.4) is 0 Å². The molecule has 3 aromatic rings. The second-order valence-electron chi connectivity index (χ2n) is 5.03. The third kappa shape index (κ3) is 3.57. The van der Waals surface area contributed by atoms with Gasteiger partial charge in [-0.1, -0.05) is 12.1 Å². The molecule has 1 aromatic carbocycles. The predicted octanol–water partition coefficient (Wildman–Crippen LogP) is 2.86. The van der Waals surface area contributed by atoms with Gasteiger partial charge in [0.05, 0.1) is 11.9 Å². The lowest BCUT2D eigenvalue weighted by Crippen LogP contribution is -2.04. The van der Waals surface area contributed by atoms with Gasteiger partial charge >= 0.3 is 0 Å². The Hall–Kier alpha value is -3.09. The van der Waals surface area contributed by atoms with Crippen molar-refractivity contribution < 1.29 is 4.39 Å². The molecular formula is C16H15FN6. The number of halogens is 1. The van der Waals surface area contributed by atoms with Crippen LogP contribution in [0.4, 0.5) is 10.2 Å². The second-order valence-corrected chi connectivity index (χ2v) is 5.03. The number of anilines is 1. The molecule has 3 rings (SSSR count). The van der Waals surface area contributed by atoms with Crippen LogP contribution < -0.4 is 5.43 Å². The van der Waals surface area contributed by atoms with E-state index in [0.29, 0.717) is 17.2 Å². The van der Waals surface area contributed by atoms with Crippen molar-refractivity contribution in [1.29, 1.82) is 0 Å². The van der Waals surface area contributed by atoms with Crippen LogP contribution in [0.1, 0.15) is 17.0 Å². The Balaban J connectivity index is 1.77. The quantitative estimate of drug-likeness (QED) is 0.594. The molecule has 0 spiro atoms. The molecule has 2 heterocycles. The number of benzene rings is 1. The lowest BCUT2D eigenvalue weighted by atomic mass is 10.2. The van der Waals surface area contributed by atoms with Crippen LogP contribution in [0.25, 0.3) is 5.82 Å². The first-order valence-corrected chi connectivity index (χ1v) is 7.02. The van der Waals surface area contributed by atoms with Crippen molar-refractivity contribution in [3.05, 3.63) is 65.5 Å². The average molecular weight is 310 g/mol. The monoisotopic (exact) mass is 310 g/mol. The topological polar surface area (TPSA) is 68.0 Å². The molecule has 23 heavy (non-hydrogen) atoms. The maximum atomic E-state index is 13.1. The first-order chi connectivity index (χ1) is 11.1. The van der Waals surface area contributed by atoms with E-state index >= 15 is 0 Å². The van der Waals surface area contributed by atoms with Gasteiger partial charge in [-0.2, -0.15) is 10.2 Å². The highest BCUT2D eigenvalue weighted by atomic mass is 19.1. The van der Waals surface area contributed by atoms with Crippen molar-refractivity contribution >= 4 is 12.0 Å². The van der Waals surface area contributed by atoms with Crippen LogP contribution in [0.5, 0.6) is 0 Å². The van der Waals surface area contributed by atoms with Crippen LogP contribution >= 0.6 is 0 Å². The van der Waals surface area contributed by atoms with Crippen molar-refractivity contribution in [3.8, 4) is 5.82 Å². The SMILES string of the molecule is Cc1cc(C)n(-c2cc(NN=Cc3cccc(F)c3)ncn2)n1. The minimum atomic E-state index is -0.303. The summed E-state index contributed by atoms with van der Waals surface area (Å²) in [5.74, 6) is 0.868. The molecule has 0 aliphatic carbocycles. The summed E-state index contributed by atoms with van der Waals surface area (Å²) in [5, 5.41) is 8.43. The van der Waals surface area contributed by atoms with E-state index in [1.54, 1.807) is 22.9 Å². The number of aryl methyl sites for hydroxylation is 2. The number of aromatic nitrogens is 4. The molecule has 0 unspecified atom stereocenters. The summed E-state index contributed by atoms with van der Waals surface area (Å²) in [6, 6.07) is 9.87. The van der Waals surface area contributed by atoms with Crippen molar-refractivity contribution in [2.45, 2.75) is 13.8 Å². The number of nitrogens with one attached hydrogen (secondary N) is 1. The molecule has 7 heteroatoms. The Kier molecular flexibility index (Phi) is 4.09. The number of rotatable bonds is 4. The second kappa shape index (κ2) is 6.35. The number of nitrogens with zero attached hydrogens (tertiary/aromatic N) is 5. The van der Waals surface area contributed by atoms with Gasteiger partial charge in [-0.25, -0.2) is 19.0 Å². The number of hydrazone groups is 1. The lowest BCUT2D eigenvalue weighted by Gasteiger charge is -2.04. The predicted molar refractivity (Wildman–Crippen MR) is 86.2 cm³/mol. The maximum absolute atomic E-state index is 13.1. The Morgan fingerprint density at radius 2 is 2.04 bits per heavy atom. The summed E-state index contributed by atoms with van der Waals surface area (Å²) < 4.78 is 14.8. The number of hydrogen-bond acceptors (Lipinski definition) is 5. The van der Waals surface area contributed by atoms with E-state index in [4.69, 9.17) is 0 Å². The van der Waals surface area contributed by atoms with Gasteiger partial charge in [0.1, 0.15) is 12.1 Å². The van der Waals surface area contributed by atoms with Crippen molar-refractivity contribution in [2.75, 3.05) is 5.43 Å². The van der Waals surface area contributed by atoms with Crippen molar-refractivity contribution in [2.24, 2.45) is 5.10 Å². The fraction of sp³-hybridized carbons (Fsp3) is 0.125.